The van der Waals surface area contributed by atoms with E-state index in [0.29, 0.717) is 11.4 Å². The van der Waals surface area contributed by atoms with Crippen molar-refractivity contribution in [2.75, 3.05) is 5.32 Å². The molecule has 0 fully saturated rings. The molecular weight excluding hydrogens is 376 g/mol. The van der Waals surface area contributed by atoms with E-state index in [1.807, 2.05) is 72.8 Å². The molecule has 0 bridgehead atoms. The van der Waals surface area contributed by atoms with Crippen LogP contribution in [0.4, 0.5) is 5.69 Å². The van der Waals surface area contributed by atoms with E-state index in [4.69, 9.17) is 4.74 Å². The van der Waals surface area contributed by atoms with Crippen LogP contribution in [0.1, 0.15) is 30.5 Å². The molecule has 1 atom stereocenters. The Morgan fingerprint density at radius 3 is 2.30 bits per heavy atom. The lowest BCUT2D eigenvalue weighted by Crippen LogP contribution is -2.33. The van der Waals surface area contributed by atoms with Gasteiger partial charge in [0.15, 0.2) is 0 Å². The van der Waals surface area contributed by atoms with Crippen LogP contribution in [0.3, 0.4) is 0 Å². The second-order valence-corrected chi connectivity index (χ2v) is 7.08. The number of fused-ring (bicyclic) bond motifs is 1. The molecule has 0 aromatic heterocycles. The number of para-hydroxylation sites is 1. The molecule has 150 valence electrons. The standard InChI is InChI=1S/C25H22N2O3/c1-18(28)27-16-15-19-7-5-6-10-23(19)24(27)17-25(29)26-20-11-13-22(14-12-20)30-21-8-3-2-4-9-21/h2-16,24H,17H2,1H3,(H,26,29). The van der Waals surface area contributed by atoms with Gasteiger partial charge in [-0.15, -0.1) is 0 Å². The van der Waals surface area contributed by atoms with Crippen molar-refractivity contribution in [3.05, 3.63) is 96.2 Å². The second kappa shape index (κ2) is 8.66. The number of rotatable bonds is 5. The van der Waals surface area contributed by atoms with Gasteiger partial charge < -0.3 is 15.0 Å². The Kier molecular flexibility index (Phi) is 5.61. The number of anilines is 1. The van der Waals surface area contributed by atoms with Crippen molar-refractivity contribution in [3.63, 3.8) is 0 Å². The number of carbonyl (C=O) groups is 2. The molecule has 1 N–H and O–H groups in total. The predicted octanol–water partition coefficient (Wildman–Crippen LogP) is 5.38. The van der Waals surface area contributed by atoms with Gasteiger partial charge in [0.25, 0.3) is 0 Å². The molecule has 5 nitrogen and oxygen atoms in total. The van der Waals surface area contributed by atoms with Gasteiger partial charge in [0.05, 0.1) is 12.5 Å². The van der Waals surface area contributed by atoms with Gasteiger partial charge in [-0.05, 0) is 53.6 Å². The number of ether oxygens (including phenoxy) is 1. The van der Waals surface area contributed by atoms with Crippen LogP contribution >= 0.6 is 0 Å². The Labute approximate surface area is 175 Å². The summed E-state index contributed by atoms with van der Waals surface area (Å²) in [7, 11) is 0. The number of amides is 2. The van der Waals surface area contributed by atoms with Gasteiger partial charge in [-0.25, -0.2) is 0 Å². The molecule has 0 radical (unpaired) electrons. The quantitative estimate of drug-likeness (QED) is 0.628. The lowest BCUT2D eigenvalue weighted by molar-refractivity contribution is -0.129. The fraction of sp³-hybridized carbons (Fsp3) is 0.120. The van der Waals surface area contributed by atoms with Gasteiger partial charge in [0.1, 0.15) is 11.5 Å². The van der Waals surface area contributed by atoms with Crippen LogP contribution in [-0.4, -0.2) is 16.7 Å². The van der Waals surface area contributed by atoms with Crippen LogP contribution in [0.5, 0.6) is 11.5 Å². The Morgan fingerprint density at radius 1 is 0.900 bits per heavy atom. The molecule has 1 aliphatic heterocycles. The summed E-state index contributed by atoms with van der Waals surface area (Å²) in [6.07, 6.45) is 3.82. The number of carbonyl (C=O) groups excluding carboxylic acids is 2. The number of benzene rings is 3. The van der Waals surface area contributed by atoms with Crippen molar-refractivity contribution in [1.29, 1.82) is 0 Å². The number of nitrogens with zero attached hydrogens (tertiary/aromatic N) is 1. The largest absolute Gasteiger partial charge is 0.457 e. The van der Waals surface area contributed by atoms with Crippen LogP contribution in [0.15, 0.2) is 85.1 Å². The summed E-state index contributed by atoms with van der Waals surface area (Å²) in [5.41, 5.74) is 2.67. The normalized spacial score (nSPS) is 14.7. The van der Waals surface area contributed by atoms with E-state index >= 15 is 0 Å². The highest BCUT2D eigenvalue weighted by molar-refractivity contribution is 5.92. The highest BCUT2D eigenvalue weighted by Gasteiger charge is 2.28. The van der Waals surface area contributed by atoms with E-state index in [1.165, 1.54) is 6.92 Å². The molecule has 0 saturated heterocycles. The first-order valence-electron chi connectivity index (χ1n) is 9.79. The molecule has 30 heavy (non-hydrogen) atoms. The van der Waals surface area contributed by atoms with Gasteiger partial charge >= 0.3 is 0 Å². The highest BCUT2D eigenvalue weighted by atomic mass is 16.5. The van der Waals surface area contributed by atoms with Crippen LogP contribution in [0.2, 0.25) is 0 Å². The van der Waals surface area contributed by atoms with Gasteiger partial charge in [0.2, 0.25) is 11.8 Å². The molecular formula is C25H22N2O3. The monoisotopic (exact) mass is 398 g/mol. The lowest BCUT2D eigenvalue weighted by Gasteiger charge is -2.32. The summed E-state index contributed by atoms with van der Waals surface area (Å²) < 4.78 is 5.77. The van der Waals surface area contributed by atoms with Crippen molar-refractivity contribution in [2.24, 2.45) is 0 Å². The third-order valence-corrected chi connectivity index (χ3v) is 4.96. The van der Waals surface area contributed by atoms with Crippen molar-refractivity contribution in [2.45, 2.75) is 19.4 Å². The van der Waals surface area contributed by atoms with E-state index in [-0.39, 0.29) is 24.3 Å². The first-order chi connectivity index (χ1) is 14.6. The van der Waals surface area contributed by atoms with Crippen molar-refractivity contribution >= 4 is 23.6 Å². The maximum Gasteiger partial charge on any atom is 0.226 e. The Morgan fingerprint density at radius 2 is 1.57 bits per heavy atom. The van der Waals surface area contributed by atoms with Crippen LogP contribution in [0, 0.1) is 0 Å². The van der Waals surface area contributed by atoms with Gasteiger partial charge in [-0.3, -0.25) is 9.59 Å². The summed E-state index contributed by atoms with van der Waals surface area (Å²) in [5, 5.41) is 2.91. The second-order valence-electron chi connectivity index (χ2n) is 7.08. The minimum Gasteiger partial charge on any atom is -0.457 e. The van der Waals surface area contributed by atoms with Crippen LogP contribution in [-0.2, 0) is 9.59 Å². The molecule has 1 heterocycles. The van der Waals surface area contributed by atoms with Gasteiger partial charge in [-0.1, -0.05) is 42.5 Å². The minimum absolute atomic E-state index is 0.0963. The van der Waals surface area contributed by atoms with Crippen LogP contribution < -0.4 is 10.1 Å². The first kappa shape index (κ1) is 19.5. The topological polar surface area (TPSA) is 58.6 Å². The molecule has 3 aromatic carbocycles. The van der Waals surface area contributed by atoms with Crippen LogP contribution in [0.25, 0.3) is 6.08 Å². The average molecular weight is 398 g/mol. The number of hydrogen-bond donors (Lipinski definition) is 1. The summed E-state index contributed by atoms with van der Waals surface area (Å²) in [6.45, 7) is 1.51. The van der Waals surface area contributed by atoms with E-state index in [9.17, 15) is 9.59 Å². The summed E-state index contributed by atoms with van der Waals surface area (Å²) in [5.74, 6) is 1.19. The van der Waals surface area contributed by atoms with Crippen molar-refractivity contribution in [3.8, 4) is 11.5 Å². The molecule has 3 aromatic rings. The maximum absolute atomic E-state index is 12.7. The zero-order chi connectivity index (χ0) is 20.9. The Bertz CT molecular complexity index is 1080. The summed E-state index contributed by atoms with van der Waals surface area (Å²) in [6, 6.07) is 24.2. The zero-order valence-corrected chi connectivity index (χ0v) is 16.6. The summed E-state index contributed by atoms with van der Waals surface area (Å²) in [4.78, 5) is 26.4. The molecule has 1 aliphatic rings. The highest BCUT2D eigenvalue weighted by Crippen LogP contribution is 2.33. The van der Waals surface area contributed by atoms with E-state index in [2.05, 4.69) is 5.32 Å². The third kappa shape index (κ3) is 4.41. The molecule has 0 saturated carbocycles. The lowest BCUT2D eigenvalue weighted by atomic mass is 9.93. The van der Waals surface area contributed by atoms with Gasteiger partial charge in [-0.2, -0.15) is 0 Å². The van der Waals surface area contributed by atoms with Gasteiger partial charge in [0, 0.05) is 18.8 Å². The third-order valence-electron chi connectivity index (χ3n) is 4.96. The molecule has 0 aliphatic carbocycles. The van der Waals surface area contributed by atoms with E-state index in [0.717, 1.165) is 16.9 Å². The molecule has 4 rings (SSSR count). The SMILES string of the molecule is CC(=O)N1C=Cc2ccccc2C1CC(=O)Nc1ccc(Oc2ccccc2)cc1. The van der Waals surface area contributed by atoms with E-state index in [1.54, 1.807) is 23.2 Å². The average Bonchev–Trinajstić information content (AvgIpc) is 2.76. The van der Waals surface area contributed by atoms with E-state index < -0.39 is 0 Å². The Balaban J connectivity index is 1.43. The smallest absolute Gasteiger partial charge is 0.226 e. The summed E-state index contributed by atoms with van der Waals surface area (Å²) >= 11 is 0. The fourth-order valence-electron chi connectivity index (χ4n) is 3.53. The maximum atomic E-state index is 12.7. The number of hydrogen-bond acceptors (Lipinski definition) is 3. The van der Waals surface area contributed by atoms with Crippen molar-refractivity contribution in [1.82, 2.24) is 4.90 Å². The fourth-order valence-corrected chi connectivity index (χ4v) is 3.53. The zero-order valence-electron chi connectivity index (χ0n) is 16.6. The molecule has 1 unspecified atom stereocenters. The Hall–Kier alpha value is -3.86. The molecule has 0 spiro atoms. The van der Waals surface area contributed by atoms with Crippen molar-refractivity contribution < 1.29 is 14.3 Å². The predicted molar refractivity (Wildman–Crippen MR) is 117 cm³/mol. The minimum atomic E-state index is -0.329. The molecule has 5 heteroatoms. The molecule has 2 amide bonds. The number of nitrogens with one attached hydrogen (secondary N) is 1. The first-order valence-corrected chi connectivity index (χ1v) is 9.79.